The molecule has 1 heteroatoms. The maximum atomic E-state index is 9.62. The van der Waals surface area contributed by atoms with E-state index in [1.54, 1.807) is 0 Å². The van der Waals surface area contributed by atoms with Gasteiger partial charge in [0.25, 0.3) is 0 Å². The number of hydrogen-bond donors (Lipinski definition) is 1. The van der Waals surface area contributed by atoms with E-state index in [1.165, 1.54) is 24.8 Å². The van der Waals surface area contributed by atoms with Gasteiger partial charge in [-0.3, -0.25) is 0 Å². The summed E-state index contributed by atoms with van der Waals surface area (Å²) in [6, 6.07) is 0. The van der Waals surface area contributed by atoms with Crippen molar-refractivity contribution in [3.8, 4) is 0 Å². The van der Waals surface area contributed by atoms with E-state index >= 15 is 0 Å². The van der Waals surface area contributed by atoms with Crippen molar-refractivity contribution in [2.45, 2.75) is 65.4 Å². The summed E-state index contributed by atoms with van der Waals surface area (Å²) in [5.41, 5.74) is 1.80. The third kappa shape index (κ3) is 3.34. The molecule has 1 aliphatic rings. The Labute approximate surface area is 94.6 Å². The van der Waals surface area contributed by atoms with Gasteiger partial charge in [-0.1, -0.05) is 32.9 Å². The van der Waals surface area contributed by atoms with Crippen LogP contribution in [0.3, 0.4) is 0 Å². The fourth-order valence-corrected chi connectivity index (χ4v) is 2.83. The molecule has 0 heterocycles. The first-order chi connectivity index (χ1) is 6.97. The molecule has 88 valence electrons. The van der Waals surface area contributed by atoms with Crippen LogP contribution in [0.1, 0.15) is 59.3 Å². The van der Waals surface area contributed by atoms with Crippen LogP contribution in [0, 0.1) is 11.3 Å². The van der Waals surface area contributed by atoms with Crippen molar-refractivity contribution in [3.05, 3.63) is 12.2 Å². The Kier molecular flexibility index (Phi) is 4.39. The van der Waals surface area contributed by atoms with Crippen LogP contribution in [0.2, 0.25) is 0 Å². The van der Waals surface area contributed by atoms with Crippen LogP contribution in [0.25, 0.3) is 0 Å². The standard InChI is InChI=1S/C14H26O/c1-5-12(15)8-9-13-11(2)7-6-10-14(13,3)4/h12-13,15H,2,5-10H2,1,3-4H3. The second kappa shape index (κ2) is 5.16. The molecular formula is C14H26O. The number of aliphatic hydroxyl groups is 1. The zero-order valence-corrected chi connectivity index (χ0v) is 10.6. The second-order valence-electron chi connectivity index (χ2n) is 5.69. The highest BCUT2D eigenvalue weighted by Gasteiger charge is 2.34. The van der Waals surface area contributed by atoms with Crippen molar-refractivity contribution in [1.82, 2.24) is 0 Å². The minimum absolute atomic E-state index is 0.115. The van der Waals surface area contributed by atoms with Gasteiger partial charge in [-0.25, -0.2) is 0 Å². The van der Waals surface area contributed by atoms with Crippen molar-refractivity contribution in [2.75, 3.05) is 0 Å². The van der Waals surface area contributed by atoms with Crippen LogP contribution in [0.5, 0.6) is 0 Å². The van der Waals surface area contributed by atoms with Gasteiger partial charge in [0.15, 0.2) is 0 Å². The first-order valence-electron chi connectivity index (χ1n) is 6.33. The molecule has 0 aliphatic heterocycles. The molecule has 1 aliphatic carbocycles. The van der Waals surface area contributed by atoms with Crippen molar-refractivity contribution >= 4 is 0 Å². The lowest BCUT2D eigenvalue weighted by Gasteiger charge is -2.40. The summed E-state index contributed by atoms with van der Waals surface area (Å²) in [6.45, 7) is 11.0. The molecule has 0 spiro atoms. The van der Waals surface area contributed by atoms with Crippen molar-refractivity contribution < 1.29 is 5.11 Å². The molecule has 2 unspecified atom stereocenters. The first-order valence-corrected chi connectivity index (χ1v) is 6.33. The zero-order chi connectivity index (χ0) is 11.5. The van der Waals surface area contributed by atoms with E-state index in [2.05, 4.69) is 20.4 Å². The Morgan fingerprint density at radius 2 is 2.20 bits per heavy atom. The SMILES string of the molecule is C=C1CCCC(C)(C)C1CCC(O)CC. The van der Waals surface area contributed by atoms with Gasteiger partial charge in [-0.05, 0) is 49.9 Å². The first kappa shape index (κ1) is 12.8. The highest BCUT2D eigenvalue weighted by molar-refractivity contribution is 5.09. The van der Waals surface area contributed by atoms with Crippen LogP contribution in [0.4, 0.5) is 0 Å². The molecule has 2 atom stereocenters. The highest BCUT2D eigenvalue weighted by atomic mass is 16.3. The lowest BCUT2D eigenvalue weighted by molar-refractivity contribution is 0.122. The normalized spacial score (nSPS) is 27.7. The molecule has 0 aromatic heterocycles. The lowest BCUT2D eigenvalue weighted by atomic mass is 9.65. The second-order valence-corrected chi connectivity index (χ2v) is 5.69. The predicted molar refractivity (Wildman–Crippen MR) is 65.8 cm³/mol. The fraction of sp³-hybridized carbons (Fsp3) is 0.857. The van der Waals surface area contributed by atoms with Gasteiger partial charge in [0, 0.05) is 0 Å². The Morgan fingerprint density at radius 3 is 2.73 bits per heavy atom. The maximum absolute atomic E-state index is 9.62. The lowest BCUT2D eigenvalue weighted by Crippen LogP contribution is -2.30. The summed E-state index contributed by atoms with van der Waals surface area (Å²) in [7, 11) is 0. The van der Waals surface area contributed by atoms with Gasteiger partial charge in [-0.15, -0.1) is 0 Å². The van der Waals surface area contributed by atoms with Crippen molar-refractivity contribution in [2.24, 2.45) is 11.3 Å². The summed E-state index contributed by atoms with van der Waals surface area (Å²) >= 11 is 0. The van der Waals surface area contributed by atoms with E-state index in [-0.39, 0.29) is 6.10 Å². The largest absolute Gasteiger partial charge is 0.393 e. The molecule has 0 bridgehead atoms. The highest BCUT2D eigenvalue weighted by Crippen LogP contribution is 2.45. The smallest absolute Gasteiger partial charge is 0.0537 e. The predicted octanol–water partition coefficient (Wildman–Crippen LogP) is 3.92. The van der Waals surface area contributed by atoms with Gasteiger partial charge in [0.05, 0.1) is 6.10 Å². The van der Waals surface area contributed by atoms with Crippen molar-refractivity contribution in [3.63, 3.8) is 0 Å². The molecule has 1 N–H and O–H groups in total. The molecule has 0 radical (unpaired) electrons. The van der Waals surface area contributed by atoms with Gasteiger partial charge in [0.2, 0.25) is 0 Å². The molecule has 15 heavy (non-hydrogen) atoms. The summed E-state index contributed by atoms with van der Waals surface area (Å²) in [5, 5.41) is 9.62. The minimum atomic E-state index is -0.115. The van der Waals surface area contributed by atoms with E-state index < -0.39 is 0 Å². The summed E-state index contributed by atoms with van der Waals surface area (Å²) in [5.74, 6) is 0.618. The number of aliphatic hydroxyl groups excluding tert-OH is 1. The van der Waals surface area contributed by atoms with E-state index in [0.717, 1.165) is 19.3 Å². The molecule has 0 aromatic carbocycles. The zero-order valence-electron chi connectivity index (χ0n) is 10.6. The topological polar surface area (TPSA) is 20.2 Å². The maximum Gasteiger partial charge on any atom is 0.0537 e. The minimum Gasteiger partial charge on any atom is -0.393 e. The van der Waals surface area contributed by atoms with Gasteiger partial charge in [0.1, 0.15) is 0 Å². The van der Waals surface area contributed by atoms with Gasteiger partial charge >= 0.3 is 0 Å². The molecular weight excluding hydrogens is 184 g/mol. The summed E-state index contributed by atoms with van der Waals surface area (Å²) < 4.78 is 0. The Bertz CT molecular complexity index is 217. The van der Waals surface area contributed by atoms with Gasteiger partial charge in [-0.2, -0.15) is 0 Å². The van der Waals surface area contributed by atoms with E-state index in [0.29, 0.717) is 11.3 Å². The Hall–Kier alpha value is -0.300. The van der Waals surface area contributed by atoms with E-state index in [1.807, 2.05) is 6.92 Å². The van der Waals surface area contributed by atoms with E-state index in [9.17, 15) is 5.11 Å². The van der Waals surface area contributed by atoms with Crippen molar-refractivity contribution in [1.29, 1.82) is 0 Å². The van der Waals surface area contributed by atoms with E-state index in [4.69, 9.17) is 0 Å². The van der Waals surface area contributed by atoms with Crippen LogP contribution in [0.15, 0.2) is 12.2 Å². The molecule has 0 aromatic rings. The van der Waals surface area contributed by atoms with Crippen LogP contribution in [-0.4, -0.2) is 11.2 Å². The third-order valence-electron chi connectivity index (χ3n) is 4.01. The molecule has 1 saturated carbocycles. The third-order valence-corrected chi connectivity index (χ3v) is 4.01. The molecule has 1 nitrogen and oxygen atoms in total. The summed E-state index contributed by atoms with van der Waals surface area (Å²) in [4.78, 5) is 0. The Balaban J connectivity index is 2.52. The fourth-order valence-electron chi connectivity index (χ4n) is 2.83. The number of hydrogen-bond acceptors (Lipinski definition) is 1. The summed E-state index contributed by atoms with van der Waals surface area (Å²) in [6.07, 6.45) is 6.59. The molecule has 0 saturated heterocycles. The quantitative estimate of drug-likeness (QED) is 0.697. The van der Waals surface area contributed by atoms with Crippen LogP contribution in [-0.2, 0) is 0 Å². The number of rotatable bonds is 4. The van der Waals surface area contributed by atoms with Crippen LogP contribution < -0.4 is 0 Å². The average molecular weight is 210 g/mol. The molecule has 0 amide bonds. The molecule has 1 rings (SSSR count). The van der Waals surface area contributed by atoms with Crippen LogP contribution >= 0.6 is 0 Å². The molecule has 1 fully saturated rings. The number of allylic oxidation sites excluding steroid dienone is 1. The monoisotopic (exact) mass is 210 g/mol. The van der Waals surface area contributed by atoms with Gasteiger partial charge < -0.3 is 5.11 Å². The Morgan fingerprint density at radius 1 is 1.53 bits per heavy atom. The average Bonchev–Trinajstić information content (AvgIpc) is 2.15.